The lowest BCUT2D eigenvalue weighted by Crippen LogP contribution is -2.24. The Balaban J connectivity index is 2.28. The quantitative estimate of drug-likeness (QED) is 0.775. The van der Waals surface area contributed by atoms with Crippen LogP contribution in [0.2, 0.25) is 0 Å². The average molecular weight is 282 g/mol. The summed E-state index contributed by atoms with van der Waals surface area (Å²) in [7, 11) is 0. The molecule has 0 fully saturated rings. The molecule has 0 spiro atoms. The number of aryl methyl sites for hydroxylation is 1. The van der Waals surface area contributed by atoms with Gasteiger partial charge in [0.25, 0.3) is 0 Å². The molecule has 0 saturated carbocycles. The second kappa shape index (κ2) is 7.63. The topological polar surface area (TPSA) is 42.0 Å². The maximum atomic E-state index is 11.6. The standard InChI is InChI=1S/C15H26N2OS/c1-5-6-7-10-16-13(18)8-9-14-17-12(11-19-14)15(2,3)4/h11H,5-10H2,1-4H3,(H,16,18). The fourth-order valence-electron chi connectivity index (χ4n) is 1.68. The molecule has 0 bridgehead atoms. The monoisotopic (exact) mass is 282 g/mol. The van der Waals surface area contributed by atoms with E-state index in [9.17, 15) is 4.79 Å². The molecule has 1 heterocycles. The molecule has 0 saturated heterocycles. The molecule has 1 aromatic heterocycles. The fourth-order valence-corrected chi connectivity index (χ4v) is 2.71. The van der Waals surface area contributed by atoms with Crippen molar-refractivity contribution in [2.75, 3.05) is 6.54 Å². The Morgan fingerprint density at radius 1 is 1.37 bits per heavy atom. The number of amides is 1. The minimum absolute atomic E-state index is 0.0944. The van der Waals surface area contributed by atoms with Crippen LogP contribution in [-0.2, 0) is 16.6 Å². The van der Waals surface area contributed by atoms with Crippen molar-refractivity contribution >= 4 is 17.2 Å². The van der Waals surface area contributed by atoms with Gasteiger partial charge in [-0.1, -0.05) is 40.5 Å². The van der Waals surface area contributed by atoms with Crippen LogP contribution in [0.15, 0.2) is 5.38 Å². The van der Waals surface area contributed by atoms with E-state index < -0.39 is 0 Å². The Hall–Kier alpha value is -0.900. The van der Waals surface area contributed by atoms with Crippen LogP contribution < -0.4 is 5.32 Å². The Labute approximate surface area is 120 Å². The number of carbonyl (C=O) groups is 1. The van der Waals surface area contributed by atoms with Crippen molar-refractivity contribution in [1.82, 2.24) is 10.3 Å². The Morgan fingerprint density at radius 3 is 2.68 bits per heavy atom. The van der Waals surface area contributed by atoms with Gasteiger partial charge in [0.2, 0.25) is 5.91 Å². The van der Waals surface area contributed by atoms with Gasteiger partial charge in [-0.2, -0.15) is 0 Å². The molecule has 1 rings (SSSR count). The van der Waals surface area contributed by atoms with Crippen LogP contribution in [0.5, 0.6) is 0 Å². The molecule has 0 radical (unpaired) electrons. The first-order valence-corrected chi connectivity index (χ1v) is 8.03. The molecule has 0 aromatic carbocycles. The highest BCUT2D eigenvalue weighted by molar-refractivity contribution is 7.09. The first-order chi connectivity index (χ1) is 8.93. The summed E-state index contributed by atoms with van der Waals surface area (Å²) in [5.74, 6) is 0.142. The third kappa shape index (κ3) is 6.19. The maximum Gasteiger partial charge on any atom is 0.220 e. The number of nitrogens with zero attached hydrogens (tertiary/aromatic N) is 1. The Morgan fingerprint density at radius 2 is 2.11 bits per heavy atom. The zero-order valence-corrected chi connectivity index (χ0v) is 13.4. The lowest BCUT2D eigenvalue weighted by atomic mass is 9.93. The first-order valence-electron chi connectivity index (χ1n) is 7.15. The van der Waals surface area contributed by atoms with Crippen molar-refractivity contribution < 1.29 is 4.79 Å². The number of hydrogen-bond acceptors (Lipinski definition) is 3. The van der Waals surface area contributed by atoms with Crippen molar-refractivity contribution in [1.29, 1.82) is 0 Å². The number of carbonyl (C=O) groups excluding carboxylic acids is 1. The fraction of sp³-hybridized carbons (Fsp3) is 0.733. The van der Waals surface area contributed by atoms with Crippen LogP contribution in [0.4, 0.5) is 0 Å². The molecule has 108 valence electrons. The minimum atomic E-state index is 0.0944. The van der Waals surface area contributed by atoms with E-state index in [1.54, 1.807) is 11.3 Å². The first kappa shape index (κ1) is 16.2. The van der Waals surface area contributed by atoms with E-state index in [1.165, 1.54) is 12.8 Å². The van der Waals surface area contributed by atoms with Crippen molar-refractivity contribution in [2.24, 2.45) is 0 Å². The lowest BCUT2D eigenvalue weighted by molar-refractivity contribution is -0.121. The van der Waals surface area contributed by atoms with Gasteiger partial charge in [0.1, 0.15) is 0 Å². The van der Waals surface area contributed by atoms with Gasteiger partial charge in [-0.3, -0.25) is 4.79 Å². The van der Waals surface area contributed by atoms with Gasteiger partial charge in [0.15, 0.2) is 0 Å². The number of hydrogen-bond donors (Lipinski definition) is 1. The zero-order valence-electron chi connectivity index (χ0n) is 12.6. The van der Waals surface area contributed by atoms with Crippen molar-refractivity contribution in [2.45, 2.75) is 65.2 Å². The van der Waals surface area contributed by atoms with Crippen LogP contribution in [0, 0.1) is 0 Å². The van der Waals surface area contributed by atoms with Gasteiger partial charge in [-0.15, -0.1) is 11.3 Å². The normalized spacial score (nSPS) is 11.6. The van der Waals surface area contributed by atoms with E-state index in [4.69, 9.17) is 0 Å². The SMILES string of the molecule is CCCCCNC(=O)CCc1nc(C(C)(C)C)cs1. The van der Waals surface area contributed by atoms with E-state index in [-0.39, 0.29) is 11.3 Å². The summed E-state index contributed by atoms with van der Waals surface area (Å²) >= 11 is 1.66. The predicted molar refractivity (Wildman–Crippen MR) is 81.7 cm³/mol. The molecule has 19 heavy (non-hydrogen) atoms. The highest BCUT2D eigenvalue weighted by atomic mass is 32.1. The highest BCUT2D eigenvalue weighted by Crippen LogP contribution is 2.24. The number of aromatic nitrogens is 1. The molecule has 1 N–H and O–H groups in total. The zero-order chi connectivity index (χ0) is 14.3. The van der Waals surface area contributed by atoms with E-state index in [2.05, 4.69) is 43.4 Å². The highest BCUT2D eigenvalue weighted by Gasteiger charge is 2.17. The average Bonchev–Trinajstić information content (AvgIpc) is 2.81. The largest absolute Gasteiger partial charge is 0.356 e. The summed E-state index contributed by atoms with van der Waals surface area (Å²) in [5, 5.41) is 6.13. The maximum absolute atomic E-state index is 11.6. The van der Waals surface area contributed by atoms with E-state index in [1.807, 2.05) is 0 Å². The molecular formula is C15H26N2OS. The van der Waals surface area contributed by atoms with E-state index >= 15 is 0 Å². The number of thiazole rings is 1. The summed E-state index contributed by atoms with van der Waals surface area (Å²) in [6.07, 6.45) is 4.74. The van der Waals surface area contributed by atoms with Crippen molar-refractivity contribution in [3.8, 4) is 0 Å². The van der Waals surface area contributed by atoms with Crippen molar-refractivity contribution in [3.63, 3.8) is 0 Å². The van der Waals surface area contributed by atoms with Gasteiger partial charge >= 0.3 is 0 Å². The molecule has 0 unspecified atom stereocenters. The van der Waals surface area contributed by atoms with Crippen LogP contribution in [0.1, 0.15) is 64.1 Å². The number of nitrogens with one attached hydrogen (secondary N) is 1. The summed E-state index contributed by atoms with van der Waals surface area (Å²) in [5.41, 5.74) is 1.22. The van der Waals surface area contributed by atoms with E-state index in [0.29, 0.717) is 6.42 Å². The number of unbranched alkanes of at least 4 members (excludes halogenated alkanes) is 2. The van der Waals surface area contributed by atoms with Gasteiger partial charge in [-0.05, 0) is 6.42 Å². The molecule has 0 atom stereocenters. The molecular weight excluding hydrogens is 256 g/mol. The van der Waals surface area contributed by atoms with Gasteiger partial charge < -0.3 is 5.32 Å². The molecule has 1 aromatic rings. The molecule has 1 amide bonds. The molecule has 4 heteroatoms. The van der Waals surface area contributed by atoms with E-state index in [0.717, 1.165) is 30.1 Å². The molecule has 0 aliphatic heterocycles. The summed E-state index contributed by atoms with van der Waals surface area (Å²) in [6.45, 7) is 9.44. The summed E-state index contributed by atoms with van der Waals surface area (Å²) in [4.78, 5) is 16.3. The molecule has 3 nitrogen and oxygen atoms in total. The number of rotatable bonds is 7. The van der Waals surface area contributed by atoms with Crippen LogP contribution in [0.3, 0.4) is 0 Å². The van der Waals surface area contributed by atoms with Gasteiger partial charge in [0.05, 0.1) is 10.7 Å². The predicted octanol–water partition coefficient (Wildman–Crippen LogP) is 3.68. The van der Waals surface area contributed by atoms with Crippen LogP contribution in [-0.4, -0.2) is 17.4 Å². The van der Waals surface area contributed by atoms with Gasteiger partial charge in [0, 0.05) is 30.2 Å². The third-order valence-electron chi connectivity index (χ3n) is 2.99. The lowest BCUT2D eigenvalue weighted by Gasteiger charge is -2.14. The van der Waals surface area contributed by atoms with Gasteiger partial charge in [-0.25, -0.2) is 4.98 Å². The van der Waals surface area contributed by atoms with Crippen LogP contribution in [0.25, 0.3) is 0 Å². The second-order valence-corrected chi connectivity index (χ2v) is 6.88. The summed E-state index contributed by atoms with van der Waals surface area (Å²) < 4.78 is 0. The molecule has 0 aliphatic rings. The third-order valence-corrected chi connectivity index (χ3v) is 3.90. The Bertz CT molecular complexity index is 393. The second-order valence-electron chi connectivity index (χ2n) is 5.93. The molecule has 0 aliphatic carbocycles. The summed E-state index contributed by atoms with van der Waals surface area (Å²) in [6, 6.07) is 0. The van der Waals surface area contributed by atoms with Crippen LogP contribution >= 0.6 is 11.3 Å². The smallest absolute Gasteiger partial charge is 0.220 e. The Kier molecular flexibility index (Phi) is 6.49. The minimum Gasteiger partial charge on any atom is -0.356 e. The van der Waals surface area contributed by atoms with Crippen molar-refractivity contribution in [3.05, 3.63) is 16.1 Å².